The van der Waals surface area contributed by atoms with E-state index in [4.69, 9.17) is 11.6 Å². The van der Waals surface area contributed by atoms with E-state index in [2.05, 4.69) is 9.44 Å². The lowest BCUT2D eigenvalue weighted by Crippen LogP contribution is -2.40. The number of nitrogens with zero attached hydrogens (tertiary/aromatic N) is 1. The molecular formula is C17H22ClN3O2S. The maximum atomic E-state index is 12.2. The van der Waals surface area contributed by atoms with Crippen LogP contribution in [0.3, 0.4) is 0 Å². The van der Waals surface area contributed by atoms with Crippen molar-refractivity contribution in [2.45, 2.75) is 12.6 Å². The summed E-state index contributed by atoms with van der Waals surface area (Å²) in [6.07, 6.45) is 0. The Morgan fingerprint density at radius 3 is 2.25 bits per heavy atom. The van der Waals surface area contributed by atoms with Crippen molar-refractivity contribution in [3.8, 4) is 0 Å². The second-order valence-corrected chi connectivity index (χ2v) is 7.65. The number of benzene rings is 2. The monoisotopic (exact) mass is 367 g/mol. The van der Waals surface area contributed by atoms with Gasteiger partial charge in [-0.2, -0.15) is 13.1 Å². The molecule has 0 bridgehead atoms. The Labute approximate surface area is 148 Å². The van der Waals surface area contributed by atoms with Crippen LogP contribution < -0.4 is 9.44 Å². The summed E-state index contributed by atoms with van der Waals surface area (Å²) in [6, 6.07) is 16.7. The molecule has 2 N–H and O–H groups in total. The van der Waals surface area contributed by atoms with Crippen LogP contribution in [0.5, 0.6) is 0 Å². The molecule has 2 rings (SSSR count). The standard InChI is InChI=1S/C17H22ClN3O2S/c1-21(2)17(15-10-6-7-11-16(15)18)13-20-24(22,23)19-12-14-8-4-3-5-9-14/h3-11,17,19-20H,12-13H2,1-2H3/t17-/m1/s1. The summed E-state index contributed by atoms with van der Waals surface area (Å²) in [7, 11) is 0.178. The van der Waals surface area contributed by atoms with Crippen LogP contribution in [0, 0.1) is 0 Å². The summed E-state index contributed by atoms with van der Waals surface area (Å²) in [5.74, 6) is 0. The molecule has 0 radical (unpaired) electrons. The zero-order valence-electron chi connectivity index (χ0n) is 13.7. The van der Waals surface area contributed by atoms with E-state index >= 15 is 0 Å². The molecule has 1 atom stereocenters. The van der Waals surface area contributed by atoms with Crippen LogP contribution in [0.2, 0.25) is 5.02 Å². The topological polar surface area (TPSA) is 61.4 Å². The third-order valence-corrected chi connectivity index (χ3v) is 5.08. The van der Waals surface area contributed by atoms with Crippen molar-refractivity contribution in [2.24, 2.45) is 0 Å². The Hall–Kier alpha value is -1.44. The number of hydrogen-bond donors (Lipinski definition) is 2. The zero-order valence-corrected chi connectivity index (χ0v) is 15.3. The van der Waals surface area contributed by atoms with Crippen LogP contribution in [-0.4, -0.2) is 34.0 Å². The maximum Gasteiger partial charge on any atom is 0.277 e. The van der Waals surface area contributed by atoms with Crippen molar-refractivity contribution < 1.29 is 8.42 Å². The highest BCUT2D eigenvalue weighted by Gasteiger charge is 2.19. The average Bonchev–Trinajstić information content (AvgIpc) is 2.55. The molecule has 0 aromatic heterocycles. The van der Waals surface area contributed by atoms with Crippen molar-refractivity contribution in [1.82, 2.24) is 14.3 Å². The molecule has 0 fully saturated rings. The van der Waals surface area contributed by atoms with E-state index in [0.29, 0.717) is 5.02 Å². The van der Waals surface area contributed by atoms with Gasteiger partial charge in [-0.25, -0.2) is 4.72 Å². The minimum Gasteiger partial charge on any atom is -0.301 e. The largest absolute Gasteiger partial charge is 0.301 e. The predicted molar refractivity (Wildman–Crippen MR) is 98.1 cm³/mol. The van der Waals surface area contributed by atoms with E-state index in [1.54, 1.807) is 6.07 Å². The number of hydrogen-bond acceptors (Lipinski definition) is 3. The van der Waals surface area contributed by atoms with E-state index in [0.717, 1.165) is 11.1 Å². The summed E-state index contributed by atoms with van der Waals surface area (Å²) >= 11 is 6.23. The first-order valence-electron chi connectivity index (χ1n) is 7.58. The minimum atomic E-state index is -3.60. The Balaban J connectivity index is 1.99. The smallest absolute Gasteiger partial charge is 0.277 e. The second kappa shape index (κ2) is 8.60. The van der Waals surface area contributed by atoms with Crippen LogP contribution in [0.1, 0.15) is 17.2 Å². The summed E-state index contributed by atoms with van der Waals surface area (Å²) in [5, 5.41) is 0.618. The fourth-order valence-electron chi connectivity index (χ4n) is 2.33. The van der Waals surface area contributed by atoms with Crippen molar-refractivity contribution in [3.63, 3.8) is 0 Å². The molecule has 7 heteroatoms. The number of rotatable bonds is 8. The van der Waals surface area contributed by atoms with Crippen LogP contribution in [0.4, 0.5) is 0 Å². The van der Waals surface area contributed by atoms with Crippen LogP contribution in [0.15, 0.2) is 54.6 Å². The summed E-state index contributed by atoms with van der Waals surface area (Å²) < 4.78 is 29.5. The third kappa shape index (κ3) is 5.58. The first-order valence-corrected chi connectivity index (χ1v) is 9.44. The van der Waals surface area contributed by atoms with Gasteiger partial charge in [0.05, 0.1) is 0 Å². The van der Waals surface area contributed by atoms with Gasteiger partial charge in [-0.3, -0.25) is 0 Å². The van der Waals surface area contributed by atoms with Crippen molar-refractivity contribution in [1.29, 1.82) is 0 Å². The maximum absolute atomic E-state index is 12.2. The minimum absolute atomic E-state index is 0.160. The molecule has 0 aliphatic carbocycles. The molecule has 0 amide bonds. The molecule has 0 heterocycles. The number of halogens is 1. The SMILES string of the molecule is CN(C)[C@H](CNS(=O)(=O)NCc1ccccc1)c1ccccc1Cl. The Kier molecular flexibility index (Phi) is 6.77. The van der Waals surface area contributed by atoms with E-state index < -0.39 is 10.2 Å². The van der Waals surface area contributed by atoms with Gasteiger partial charge in [0.25, 0.3) is 10.2 Å². The van der Waals surface area contributed by atoms with E-state index in [9.17, 15) is 8.42 Å². The molecule has 0 spiro atoms. The van der Waals surface area contributed by atoms with Crippen LogP contribution >= 0.6 is 11.6 Å². The molecular weight excluding hydrogens is 346 g/mol. The predicted octanol–water partition coefficient (Wildman–Crippen LogP) is 2.57. The van der Waals surface area contributed by atoms with Gasteiger partial charge in [-0.05, 0) is 31.3 Å². The van der Waals surface area contributed by atoms with Gasteiger partial charge in [0.15, 0.2) is 0 Å². The van der Waals surface area contributed by atoms with Crippen LogP contribution in [-0.2, 0) is 16.8 Å². The lowest BCUT2D eigenvalue weighted by molar-refractivity contribution is 0.299. The molecule has 2 aromatic carbocycles. The van der Waals surface area contributed by atoms with E-state index in [-0.39, 0.29) is 19.1 Å². The molecule has 0 unspecified atom stereocenters. The van der Waals surface area contributed by atoms with Crippen LogP contribution in [0.25, 0.3) is 0 Å². The van der Waals surface area contributed by atoms with E-state index in [1.807, 2.05) is 67.5 Å². The van der Waals surface area contributed by atoms with Crippen molar-refractivity contribution in [3.05, 3.63) is 70.7 Å². The molecule has 0 aliphatic heterocycles. The number of likely N-dealkylation sites (N-methyl/N-ethyl adjacent to an activating group) is 1. The Morgan fingerprint density at radius 2 is 1.62 bits per heavy atom. The molecule has 0 saturated carbocycles. The first-order chi connectivity index (χ1) is 11.4. The first kappa shape index (κ1) is 18.9. The fourth-order valence-corrected chi connectivity index (χ4v) is 3.43. The third-order valence-electron chi connectivity index (χ3n) is 3.66. The molecule has 2 aromatic rings. The van der Waals surface area contributed by atoms with Gasteiger partial charge in [0, 0.05) is 24.2 Å². The molecule has 24 heavy (non-hydrogen) atoms. The molecule has 5 nitrogen and oxygen atoms in total. The molecule has 0 aliphatic rings. The van der Waals surface area contributed by atoms with Crippen molar-refractivity contribution >= 4 is 21.8 Å². The highest BCUT2D eigenvalue weighted by molar-refractivity contribution is 7.87. The van der Waals surface area contributed by atoms with Gasteiger partial charge in [0.2, 0.25) is 0 Å². The van der Waals surface area contributed by atoms with Gasteiger partial charge in [-0.15, -0.1) is 0 Å². The Morgan fingerprint density at radius 1 is 1.00 bits per heavy atom. The highest BCUT2D eigenvalue weighted by Crippen LogP contribution is 2.25. The lowest BCUT2D eigenvalue weighted by atomic mass is 10.1. The summed E-state index contributed by atoms with van der Waals surface area (Å²) in [6.45, 7) is 0.468. The van der Waals surface area contributed by atoms with Gasteiger partial charge in [0.1, 0.15) is 0 Å². The zero-order chi connectivity index (χ0) is 17.6. The quantitative estimate of drug-likeness (QED) is 0.753. The molecule has 130 valence electrons. The average molecular weight is 368 g/mol. The van der Waals surface area contributed by atoms with E-state index in [1.165, 1.54) is 0 Å². The second-order valence-electron chi connectivity index (χ2n) is 5.66. The normalized spacial score (nSPS) is 13.2. The van der Waals surface area contributed by atoms with Gasteiger partial charge >= 0.3 is 0 Å². The number of nitrogens with one attached hydrogen (secondary N) is 2. The van der Waals surface area contributed by atoms with Gasteiger partial charge in [-0.1, -0.05) is 60.1 Å². The summed E-state index contributed by atoms with van der Waals surface area (Å²) in [5.41, 5.74) is 1.79. The highest BCUT2D eigenvalue weighted by atomic mass is 35.5. The Bertz CT molecular complexity index is 751. The van der Waals surface area contributed by atoms with Crippen molar-refractivity contribution in [2.75, 3.05) is 20.6 Å². The fraction of sp³-hybridized carbons (Fsp3) is 0.294. The summed E-state index contributed by atoms with van der Waals surface area (Å²) in [4.78, 5) is 1.93. The lowest BCUT2D eigenvalue weighted by Gasteiger charge is -2.26. The molecule has 0 saturated heterocycles. The van der Waals surface area contributed by atoms with Gasteiger partial charge < -0.3 is 4.90 Å².